The molecule has 2 aromatic carbocycles. The number of carbonyl (C=O) groups is 2. The first-order valence-corrected chi connectivity index (χ1v) is 12.3. The van der Waals surface area contributed by atoms with E-state index in [0.717, 1.165) is 28.5 Å². The van der Waals surface area contributed by atoms with Gasteiger partial charge < -0.3 is 0 Å². The lowest BCUT2D eigenvalue weighted by molar-refractivity contribution is -0.119. The molecule has 0 aliphatic carbocycles. The SMILES string of the molecule is C=CCn1c(SCC(=O)NNC(=O)c2ccc(C)cc2)nc2scc(-c3ccccc3)c2c1=O. The molecule has 172 valence electrons. The lowest BCUT2D eigenvalue weighted by atomic mass is 10.1. The quantitative estimate of drug-likeness (QED) is 0.176. The number of hydrogen-bond acceptors (Lipinski definition) is 6. The second kappa shape index (κ2) is 10.5. The summed E-state index contributed by atoms with van der Waals surface area (Å²) in [5.74, 6) is -0.852. The minimum Gasteiger partial charge on any atom is -0.283 e. The number of allylic oxidation sites excluding steroid dienone is 1. The van der Waals surface area contributed by atoms with Crippen molar-refractivity contribution in [1.29, 1.82) is 0 Å². The average Bonchev–Trinajstić information content (AvgIpc) is 3.28. The zero-order valence-electron chi connectivity index (χ0n) is 18.4. The number of thiophene rings is 1. The van der Waals surface area contributed by atoms with Gasteiger partial charge >= 0.3 is 0 Å². The van der Waals surface area contributed by atoms with Crippen molar-refractivity contribution in [3.63, 3.8) is 0 Å². The minimum absolute atomic E-state index is 0.0276. The molecule has 0 saturated heterocycles. The van der Waals surface area contributed by atoms with Gasteiger partial charge in [0, 0.05) is 23.1 Å². The number of amides is 2. The Morgan fingerprint density at radius 1 is 1.12 bits per heavy atom. The molecule has 2 N–H and O–H groups in total. The van der Waals surface area contributed by atoms with Gasteiger partial charge in [-0.1, -0.05) is 65.9 Å². The highest BCUT2D eigenvalue weighted by molar-refractivity contribution is 7.99. The molecule has 2 heterocycles. The number of fused-ring (bicyclic) bond motifs is 1. The summed E-state index contributed by atoms with van der Waals surface area (Å²) in [6, 6.07) is 16.7. The van der Waals surface area contributed by atoms with Crippen LogP contribution in [0.4, 0.5) is 0 Å². The standard InChI is InChI=1S/C25H22N4O3S2/c1-3-13-29-24(32)21-19(17-7-5-4-6-8-17)14-33-23(21)26-25(29)34-15-20(30)27-28-22(31)18-11-9-16(2)10-12-18/h3-12,14H,1,13,15H2,2H3,(H,27,30)(H,28,31). The zero-order valence-corrected chi connectivity index (χ0v) is 20.0. The summed E-state index contributed by atoms with van der Waals surface area (Å²) in [6.45, 7) is 5.93. The van der Waals surface area contributed by atoms with Crippen LogP contribution < -0.4 is 16.4 Å². The van der Waals surface area contributed by atoms with Gasteiger partial charge in [0.25, 0.3) is 11.5 Å². The van der Waals surface area contributed by atoms with E-state index in [1.54, 1.807) is 18.2 Å². The topological polar surface area (TPSA) is 93.1 Å². The van der Waals surface area contributed by atoms with Gasteiger partial charge in [0.15, 0.2) is 5.16 Å². The fourth-order valence-corrected chi connectivity index (χ4v) is 5.10. The van der Waals surface area contributed by atoms with E-state index < -0.39 is 11.8 Å². The summed E-state index contributed by atoms with van der Waals surface area (Å²) in [4.78, 5) is 43.1. The normalized spacial score (nSPS) is 10.7. The smallest absolute Gasteiger partial charge is 0.269 e. The molecule has 0 aliphatic rings. The van der Waals surface area contributed by atoms with Crippen LogP contribution in [0.15, 0.2) is 82.6 Å². The molecule has 0 aliphatic heterocycles. The van der Waals surface area contributed by atoms with Gasteiger partial charge in [-0.15, -0.1) is 17.9 Å². The molecule has 0 spiro atoms. The molecule has 0 saturated carbocycles. The van der Waals surface area contributed by atoms with E-state index in [1.807, 2.05) is 54.8 Å². The molecule has 0 radical (unpaired) electrons. The van der Waals surface area contributed by atoms with Crippen molar-refractivity contribution in [3.05, 3.63) is 94.1 Å². The summed E-state index contributed by atoms with van der Waals surface area (Å²) in [6.07, 6.45) is 1.62. The lowest BCUT2D eigenvalue weighted by Gasteiger charge is -2.11. The first-order chi connectivity index (χ1) is 16.5. The fourth-order valence-electron chi connectivity index (χ4n) is 3.31. The van der Waals surface area contributed by atoms with E-state index in [2.05, 4.69) is 22.4 Å². The molecule has 2 amide bonds. The maximum absolute atomic E-state index is 13.3. The molecule has 0 bridgehead atoms. The Morgan fingerprint density at radius 3 is 2.56 bits per heavy atom. The number of aromatic nitrogens is 2. The van der Waals surface area contributed by atoms with Crippen LogP contribution >= 0.6 is 23.1 Å². The van der Waals surface area contributed by atoms with Crippen LogP contribution in [0.3, 0.4) is 0 Å². The van der Waals surface area contributed by atoms with E-state index in [-0.39, 0.29) is 17.9 Å². The summed E-state index contributed by atoms with van der Waals surface area (Å²) >= 11 is 2.52. The molecule has 9 heteroatoms. The number of hydrazine groups is 1. The minimum atomic E-state index is -0.416. The van der Waals surface area contributed by atoms with Gasteiger partial charge in [-0.2, -0.15) is 0 Å². The first kappa shape index (κ1) is 23.5. The predicted octanol–water partition coefficient (Wildman–Crippen LogP) is 4.17. The van der Waals surface area contributed by atoms with Crippen LogP contribution in [0.5, 0.6) is 0 Å². The van der Waals surface area contributed by atoms with Crippen LogP contribution in [-0.2, 0) is 11.3 Å². The van der Waals surface area contributed by atoms with Gasteiger partial charge in [-0.25, -0.2) is 4.98 Å². The molecule has 0 fully saturated rings. The Morgan fingerprint density at radius 2 is 1.85 bits per heavy atom. The molecule has 0 unspecified atom stereocenters. The van der Waals surface area contributed by atoms with Gasteiger partial charge in [0.05, 0.1) is 11.1 Å². The molecular weight excluding hydrogens is 468 g/mol. The van der Waals surface area contributed by atoms with Crippen molar-refractivity contribution in [2.75, 3.05) is 5.75 Å². The van der Waals surface area contributed by atoms with Crippen LogP contribution in [0.1, 0.15) is 15.9 Å². The van der Waals surface area contributed by atoms with Crippen molar-refractivity contribution < 1.29 is 9.59 Å². The Kier molecular flexibility index (Phi) is 7.24. The van der Waals surface area contributed by atoms with Gasteiger partial charge in [-0.3, -0.25) is 29.8 Å². The Labute approximate surface area is 204 Å². The van der Waals surface area contributed by atoms with Crippen LogP contribution in [0.25, 0.3) is 21.3 Å². The number of nitrogens with zero attached hydrogens (tertiary/aromatic N) is 2. The van der Waals surface area contributed by atoms with E-state index in [0.29, 0.717) is 20.9 Å². The number of rotatable bonds is 7. The summed E-state index contributed by atoms with van der Waals surface area (Å²) < 4.78 is 1.51. The highest BCUT2D eigenvalue weighted by Crippen LogP contribution is 2.32. The number of nitrogens with one attached hydrogen (secondary N) is 2. The van der Waals surface area contributed by atoms with Crippen molar-refractivity contribution in [2.24, 2.45) is 0 Å². The first-order valence-electron chi connectivity index (χ1n) is 10.4. The molecule has 34 heavy (non-hydrogen) atoms. The Balaban J connectivity index is 1.50. The van der Waals surface area contributed by atoms with Crippen LogP contribution in [0, 0.1) is 6.92 Å². The number of hydrogen-bond donors (Lipinski definition) is 2. The van der Waals surface area contributed by atoms with Gasteiger partial charge in [0.2, 0.25) is 5.91 Å². The van der Waals surface area contributed by atoms with Crippen molar-refractivity contribution in [3.8, 4) is 11.1 Å². The molecule has 4 aromatic rings. The molecule has 7 nitrogen and oxygen atoms in total. The Bertz CT molecular complexity index is 1410. The average molecular weight is 491 g/mol. The van der Waals surface area contributed by atoms with Crippen LogP contribution in [-0.4, -0.2) is 27.1 Å². The number of benzene rings is 2. The van der Waals surface area contributed by atoms with E-state index >= 15 is 0 Å². The highest BCUT2D eigenvalue weighted by atomic mass is 32.2. The summed E-state index contributed by atoms with van der Waals surface area (Å²) in [5.41, 5.74) is 7.89. The molecule has 2 aromatic heterocycles. The van der Waals surface area contributed by atoms with Gasteiger partial charge in [0.1, 0.15) is 4.83 Å². The summed E-state index contributed by atoms with van der Waals surface area (Å²) in [5, 5.41) is 2.89. The largest absolute Gasteiger partial charge is 0.283 e. The van der Waals surface area contributed by atoms with Crippen LogP contribution in [0.2, 0.25) is 0 Å². The second-order valence-corrected chi connectivity index (χ2v) is 9.25. The lowest BCUT2D eigenvalue weighted by Crippen LogP contribution is -2.42. The highest BCUT2D eigenvalue weighted by Gasteiger charge is 2.18. The van der Waals surface area contributed by atoms with E-state index in [9.17, 15) is 14.4 Å². The van der Waals surface area contributed by atoms with Gasteiger partial charge in [-0.05, 0) is 24.6 Å². The predicted molar refractivity (Wildman–Crippen MR) is 137 cm³/mol. The van der Waals surface area contributed by atoms with E-state index in [4.69, 9.17) is 0 Å². The van der Waals surface area contributed by atoms with Crippen molar-refractivity contribution in [2.45, 2.75) is 18.6 Å². The number of carbonyl (C=O) groups excluding carboxylic acids is 2. The van der Waals surface area contributed by atoms with E-state index in [1.165, 1.54) is 15.9 Å². The molecular formula is C25H22N4O3S2. The maximum Gasteiger partial charge on any atom is 0.269 e. The number of thioether (sulfide) groups is 1. The van der Waals surface area contributed by atoms with Crippen molar-refractivity contribution >= 4 is 45.1 Å². The zero-order chi connectivity index (χ0) is 24.1. The fraction of sp³-hybridized carbons (Fsp3) is 0.120. The number of aryl methyl sites for hydroxylation is 1. The maximum atomic E-state index is 13.3. The third-order valence-electron chi connectivity index (χ3n) is 5.02. The molecule has 4 rings (SSSR count). The third-order valence-corrected chi connectivity index (χ3v) is 6.87. The van der Waals surface area contributed by atoms with Crippen molar-refractivity contribution in [1.82, 2.24) is 20.4 Å². The Hall–Kier alpha value is -3.69. The third kappa shape index (κ3) is 5.11. The molecule has 0 atom stereocenters. The summed E-state index contributed by atoms with van der Waals surface area (Å²) in [7, 11) is 0. The monoisotopic (exact) mass is 490 g/mol. The second-order valence-electron chi connectivity index (χ2n) is 7.45.